The summed E-state index contributed by atoms with van der Waals surface area (Å²) in [5.41, 5.74) is 1.48. The number of aliphatic hydroxyl groups is 1. The van der Waals surface area contributed by atoms with Crippen molar-refractivity contribution in [3.8, 4) is 0 Å². The van der Waals surface area contributed by atoms with Crippen LogP contribution in [-0.2, 0) is 4.79 Å². The molecule has 4 aliphatic rings. The lowest BCUT2D eigenvalue weighted by Gasteiger charge is -2.53. The van der Waals surface area contributed by atoms with Crippen LogP contribution in [0.4, 0.5) is 0 Å². The van der Waals surface area contributed by atoms with Crippen molar-refractivity contribution in [1.29, 1.82) is 0 Å². The summed E-state index contributed by atoms with van der Waals surface area (Å²) in [7, 11) is 0. The zero-order valence-electron chi connectivity index (χ0n) is 12.3. The molecule has 0 amide bonds. The number of fused-ring (bicyclic) bond motifs is 5. The first-order chi connectivity index (χ1) is 9.59. The molecule has 0 aromatic rings. The lowest BCUT2D eigenvalue weighted by atomic mass is 9.58. The monoisotopic (exact) mass is 275 g/mol. The third-order valence-corrected chi connectivity index (χ3v) is 6.78. The average Bonchev–Trinajstić information content (AvgIpc) is 2.74. The fraction of sp³-hybridized carbons (Fsp3) is 0.824. The molecule has 20 heavy (non-hydrogen) atoms. The van der Waals surface area contributed by atoms with Crippen molar-refractivity contribution in [2.24, 2.45) is 23.2 Å². The Hall–Kier alpha value is -0.670. The minimum Gasteiger partial charge on any atom is -0.393 e. The number of piperidine rings is 1. The second-order valence-electron chi connectivity index (χ2n) is 7.65. The fourth-order valence-corrected chi connectivity index (χ4v) is 5.63. The van der Waals surface area contributed by atoms with E-state index in [0.717, 1.165) is 32.2 Å². The molecule has 3 aliphatic carbocycles. The Morgan fingerprint density at radius 3 is 2.95 bits per heavy atom. The lowest BCUT2D eigenvalue weighted by Crippen LogP contribution is -2.60. The Balaban J connectivity index is 1.63. The zero-order valence-corrected chi connectivity index (χ0v) is 12.3. The molecule has 6 unspecified atom stereocenters. The van der Waals surface area contributed by atoms with Gasteiger partial charge in [-0.15, -0.1) is 0 Å². The number of nitrogens with one attached hydrogen (secondary N) is 1. The number of hydrogen-bond donors (Lipinski definition) is 2. The molecule has 0 aromatic carbocycles. The van der Waals surface area contributed by atoms with Crippen LogP contribution in [0.25, 0.3) is 0 Å². The van der Waals surface area contributed by atoms with Crippen molar-refractivity contribution in [2.45, 2.75) is 57.6 Å². The van der Waals surface area contributed by atoms with E-state index in [1.165, 1.54) is 18.4 Å². The maximum atomic E-state index is 11.6. The highest BCUT2D eigenvalue weighted by molar-refractivity contribution is 5.91. The highest BCUT2D eigenvalue weighted by Gasteiger charge is 2.55. The van der Waals surface area contributed by atoms with Crippen LogP contribution in [0.2, 0.25) is 0 Å². The van der Waals surface area contributed by atoms with E-state index in [2.05, 4.69) is 12.2 Å². The van der Waals surface area contributed by atoms with Gasteiger partial charge in [-0.2, -0.15) is 0 Å². The molecule has 1 aliphatic heterocycles. The number of carbonyl (C=O) groups is 1. The Morgan fingerprint density at radius 2 is 2.10 bits per heavy atom. The van der Waals surface area contributed by atoms with E-state index in [1.807, 2.05) is 6.08 Å². The quantitative estimate of drug-likeness (QED) is 0.711. The molecule has 3 fully saturated rings. The first kappa shape index (κ1) is 13.0. The molecule has 0 spiro atoms. The normalized spacial score (nSPS) is 51.0. The van der Waals surface area contributed by atoms with Gasteiger partial charge < -0.3 is 10.4 Å². The van der Waals surface area contributed by atoms with Gasteiger partial charge in [0.25, 0.3) is 0 Å². The van der Waals surface area contributed by atoms with Gasteiger partial charge in [-0.05, 0) is 55.9 Å². The molecule has 2 saturated carbocycles. The number of allylic oxidation sites excluding steroid dienone is 1. The standard InChI is InChI=1S/C17H25NO2/c1-17-9-18-16-12-5-3-11(19)8-10(12)2-4-13(16)14(17)6-7-15(17)20/h8,12-16,18,20H,2-7,9H2,1H3. The van der Waals surface area contributed by atoms with Crippen LogP contribution in [0.1, 0.15) is 45.4 Å². The highest BCUT2D eigenvalue weighted by Crippen LogP contribution is 2.55. The van der Waals surface area contributed by atoms with E-state index < -0.39 is 0 Å². The van der Waals surface area contributed by atoms with E-state index in [1.54, 1.807) is 0 Å². The van der Waals surface area contributed by atoms with Crippen molar-refractivity contribution in [3.63, 3.8) is 0 Å². The molecule has 3 nitrogen and oxygen atoms in total. The van der Waals surface area contributed by atoms with E-state index in [9.17, 15) is 9.90 Å². The minimum atomic E-state index is -0.133. The van der Waals surface area contributed by atoms with E-state index in [0.29, 0.717) is 29.6 Å². The fourth-order valence-electron chi connectivity index (χ4n) is 5.63. The molecule has 3 heteroatoms. The molecule has 6 atom stereocenters. The maximum absolute atomic E-state index is 11.6. The Labute approximate surface area is 120 Å². The van der Waals surface area contributed by atoms with E-state index in [4.69, 9.17) is 0 Å². The molecule has 4 rings (SSSR count). The maximum Gasteiger partial charge on any atom is 0.155 e. The molecular formula is C17H25NO2. The SMILES string of the molecule is CC12CNC3C4CCC(=O)C=C4CCC3C1CCC2O. The number of carbonyl (C=O) groups excluding carboxylic acids is 1. The number of hydrogen-bond acceptors (Lipinski definition) is 3. The summed E-state index contributed by atoms with van der Waals surface area (Å²) in [5, 5.41) is 14.1. The van der Waals surface area contributed by atoms with Crippen molar-refractivity contribution >= 4 is 5.78 Å². The van der Waals surface area contributed by atoms with Gasteiger partial charge in [0.15, 0.2) is 5.78 Å². The van der Waals surface area contributed by atoms with Crippen molar-refractivity contribution in [2.75, 3.05) is 6.54 Å². The molecular weight excluding hydrogens is 250 g/mol. The Kier molecular flexibility index (Phi) is 2.87. The topological polar surface area (TPSA) is 49.3 Å². The van der Waals surface area contributed by atoms with Crippen LogP contribution in [0.5, 0.6) is 0 Å². The third-order valence-electron chi connectivity index (χ3n) is 6.78. The molecule has 0 radical (unpaired) electrons. The molecule has 110 valence electrons. The molecule has 1 heterocycles. The van der Waals surface area contributed by atoms with Gasteiger partial charge in [-0.25, -0.2) is 0 Å². The van der Waals surface area contributed by atoms with Gasteiger partial charge in [-0.1, -0.05) is 12.5 Å². The summed E-state index contributed by atoms with van der Waals surface area (Å²) >= 11 is 0. The largest absolute Gasteiger partial charge is 0.393 e. The third kappa shape index (κ3) is 1.69. The van der Waals surface area contributed by atoms with Crippen LogP contribution in [0.15, 0.2) is 11.6 Å². The van der Waals surface area contributed by atoms with Crippen LogP contribution in [0.3, 0.4) is 0 Å². The van der Waals surface area contributed by atoms with Gasteiger partial charge in [0.1, 0.15) is 0 Å². The molecule has 0 bridgehead atoms. The van der Waals surface area contributed by atoms with Gasteiger partial charge in [0, 0.05) is 24.4 Å². The Bertz CT molecular complexity index is 472. The summed E-state index contributed by atoms with van der Waals surface area (Å²) in [6.45, 7) is 3.21. The highest BCUT2D eigenvalue weighted by atomic mass is 16.3. The first-order valence-corrected chi connectivity index (χ1v) is 8.24. The van der Waals surface area contributed by atoms with Gasteiger partial charge in [0.05, 0.1) is 6.10 Å². The molecule has 0 aromatic heterocycles. The second kappa shape index (κ2) is 4.41. The van der Waals surface area contributed by atoms with Crippen molar-refractivity contribution in [3.05, 3.63) is 11.6 Å². The summed E-state index contributed by atoms with van der Waals surface area (Å²) < 4.78 is 0. The number of aliphatic hydroxyl groups excluding tert-OH is 1. The van der Waals surface area contributed by atoms with Gasteiger partial charge in [0.2, 0.25) is 0 Å². The Morgan fingerprint density at radius 1 is 1.25 bits per heavy atom. The predicted molar refractivity (Wildman–Crippen MR) is 77.2 cm³/mol. The van der Waals surface area contributed by atoms with Crippen LogP contribution < -0.4 is 5.32 Å². The zero-order chi connectivity index (χ0) is 13.9. The molecule has 2 N–H and O–H groups in total. The smallest absolute Gasteiger partial charge is 0.155 e. The second-order valence-corrected chi connectivity index (χ2v) is 7.65. The van der Waals surface area contributed by atoms with Gasteiger partial charge in [-0.3, -0.25) is 4.79 Å². The molecule has 1 saturated heterocycles. The van der Waals surface area contributed by atoms with Crippen molar-refractivity contribution in [1.82, 2.24) is 5.32 Å². The predicted octanol–water partition coefficient (Wildman–Crippen LogP) is 2.05. The van der Waals surface area contributed by atoms with E-state index >= 15 is 0 Å². The summed E-state index contributed by atoms with van der Waals surface area (Å²) in [6, 6.07) is 0.548. The number of rotatable bonds is 0. The summed E-state index contributed by atoms with van der Waals surface area (Å²) in [6.07, 6.45) is 8.01. The average molecular weight is 275 g/mol. The van der Waals surface area contributed by atoms with Crippen molar-refractivity contribution < 1.29 is 9.90 Å². The lowest BCUT2D eigenvalue weighted by molar-refractivity contribution is -0.115. The van der Waals surface area contributed by atoms with E-state index in [-0.39, 0.29) is 11.5 Å². The van der Waals surface area contributed by atoms with Gasteiger partial charge >= 0.3 is 0 Å². The summed E-state index contributed by atoms with van der Waals surface area (Å²) in [5.74, 6) is 2.27. The van der Waals surface area contributed by atoms with Crippen LogP contribution in [-0.4, -0.2) is 29.6 Å². The first-order valence-electron chi connectivity index (χ1n) is 8.24. The summed E-state index contributed by atoms with van der Waals surface area (Å²) in [4.78, 5) is 11.6. The van der Waals surface area contributed by atoms with Crippen LogP contribution >= 0.6 is 0 Å². The van der Waals surface area contributed by atoms with Crippen LogP contribution in [0, 0.1) is 23.2 Å². The minimum absolute atomic E-state index is 0.0763. The number of ketones is 1.